The van der Waals surface area contributed by atoms with Gasteiger partial charge in [0.2, 0.25) is 0 Å². The van der Waals surface area contributed by atoms with E-state index in [-0.39, 0.29) is 5.92 Å². The Morgan fingerprint density at radius 3 is 2.00 bits per heavy atom. The van der Waals surface area contributed by atoms with Gasteiger partial charge in [-0.05, 0) is 41.4 Å². The van der Waals surface area contributed by atoms with Gasteiger partial charge in [0.25, 0.3) is 0 Å². The molecule has 2 rings (SSSR count). The summed E-state index contributed by atoms with van der Waals surface area (Å²) in [6.07, 6.45) is -3.62. The smallest absolute Gasteiger partial charge is 0.171 e. The number of halogens is 3. The van der Waals surface area contributed by atoms with Crippen LogP contribution in [0.15, 0.2) is 54.6 Å². The first-order valence-corrected chi connectivity index (χ1v) is 8.10. The van der Waals surface area contributed by atoms with Crippen molar-refractivity contribution in [3.8, 4) is 0 Å². The number of rotatable bonds is 6. The first-order chi connectivity index (χ1) is 10.9. The minimum absolute atomic E-state index is 0.262. The molecule has 0 nitrogen and oxygen atoms in total. The van der Waals surface area contributed by atoms with Crippen LogP contribution in [-0.4, -0.2) is 6.18 Å². The van der Waals surface area contributed by atoms with Gasteiger partial charge in [-0.1, -0.05) is 68.4 Å². The van der Waals surface area contributed by atoms with E-state index < -0.39 is 18.5 Å². The molecule has 0 heterocycles. The SMILES string of the molecule is CCC(C)c1ccccc1C(Cc1ccccc1)CC(F)(F)F. The first kappa shape index (κ1) is 17.6. The maximum Gasteiger partial charge on any atom is 0.389 e. The van der Waals surface area contributed by atoms with Crippen molar-refractivity contribution in [2.24, 2.45) is 0 Å². The first-order valence-electron chi connectivity index (χ1n) is 8.10. The number of hydrogen-bond donors (Lipinski definition) is 0. The monoisotopic (exact) mass is 320 g/mol. The van der Waals surface area contributed by atoms with Crippen molar-refractivity contribution in [3.05, 3.63) is 71.3 Å². The van der Waals surface area contributed by atoms with Gasteiger partial charge in [-0.3, -0.25) is 0 Å². The molecule has 2 aromatic rings. The van der Waals surface area contributed by atoms with E-state index in [1.807, 2.05) is 54.6 Å². The summed E-state index contributed by atoms with van der Waals surface area (Å²) in [5, 5.41) is 0. The van der Waals surface area contributed by atoms with Crippen LogP contribution < -0.4 is 0 Å². The van der Waals surface area contributed by atoms with Gasteiger partial charge in [0.05, 0.1) is 6.42 Å². The summed E-state index contributed by atoms with van der Waals surface area (Å²) in [6.45, 7) is 4.14. The van der Waals surface area contributed by atoms with Crippen molar-refractivity contribution < 1.29 is 13.2 Å². The molecule has 3 heteroatoms. The molecule has 0 amide bonds. The molecule has 0 spiro atoms. The van der Waals surface area contributed by atoms with Gasteiger partial charge in [-0.25, -0.2) is 0 Å². The highest BCUT2D eigenvalue weighted by Gasteiger charge is 2.33. The fraction of sp³-hybridized carbons (Fsp3) is 0.400. The summed E-state index contributed by atoms with van der Waals surface area (Å²) in [5.74, 6) is -0.277. The third kappa shape index (κ3) is 5.12. The van der Waals surface area contributed by atoms with E-state index >= 15 is 0 Å². The zero-order chi connectivity index (χ0) is 16.9. The Morgan fingerprint density at radius 2 is 1.43 bits per heavy atom. The van der Waals surface area contributed by atoms with Crippen molar-refractivity contribution in [1.29, 1.82) is 0 Å². The van der Waals surface area contributed by atoms with Crippen molar-refractivity contribution in [1.82, 2.24) is 0 Å². The highest BCUT2D eigenvalue weighted by Crippen LogP contribution is 2.37. The highest BCUT2D eigenvalue weighted by molar-refractivity contribution is 5.34. The number of hydrogen-bond acceptors (Lipinski definition) is 0. The van der Waals surface area contributed by atoms with Gasteiger partial charge in [-0.15, -0.1) is 0 Å². The summed E-state index contributed by atoms with van der Waals surface area (Å²) in [4.78, 5) is 0. The quantitative estimate of drug-likeness (QED) is 0.571. The van der Waals surface area contributed by atoms with Gasteiger partial charge in [0.15, 0.2) is 0 Å². The molecule has 0 bridgehead atoms. The summed E-state index contributed by atoms with van der Waals surface area (Å²) >= 11 is 0. The van der Waals surface area contributed by atoms with Gasteiger partial charge >= 0.3 is 6.18 Å². The second-order valence-corrected chi connectivity index (χ2v) is 6.14. The Morgan fingerprint density at radius 1 is 0.870 bits per heavy atom. The standard InChI is InChI=1S/C20H23F3/c1-3-15(2)18-11-7-8-12-19(18)17(14-20(21,22)23)13-16-9-5-4-6-10-16/h4-12,15,17H,3,13-14H2,1-2H3. The molecular formula is C20H23F3. The minimum atomic E-state index is -4.16. The summed E-state index contributed by atoms with van der Waals surface area (Å²) in [5.41, 5.74) is 2.82. The van der Waals surface area contributed by atoms with E-state index in [0.717, 1.165) is 23.1 Å². The molecule has 0 fully saturated rings. The highest BCUT2D eigenvalue weighted by atomic mass is 19.4. The lowest BCUT2D eigenvalue weighted by molar-refractivity contribution is -0.138. The molecule has 23 heavy (non-hydrogen) atoms. The largest absolute Gasteiger partial charge is 0.389 e. The molecule has 0 aliphatic rings. The topological polar surface area (TPSA) is 0 Å². The number of benzene rings is 2. The molecule has 2 unspecified atom stereocenters. The predicted octanol–water partition coefficient (Wildman–Crippen LogP) is 6.48. The molecule has 0 aliphatic carbocycles. The molecular weight excluding hydrogens is 297 g/mol. The molecule has 2 aromatic carbocycles. The van der Waals surface area contributed by atoms with E-state index in [1.165, 1.54) is 0 Å². The molecule has 0 N–H and O–H groups in total. The van der Waals surface area contributed by atoms with Crippen LogP contribution in [0.25, 0.3) is 0 Å². The molecule has 0 aliphatic heterocycles. The van der Waals surface area contributed by atoms with Gasteiger partial charge in [0, 0.05) is 0 Å². The van der Waals surface area contributed by atoms with E-state index in [4.69, 9.17) is 0 Å². The zero-order valence-corrected chi connectivity index (χ0v) is 13.6. The average Bonchev–Trinajstić information content (AvgIpc) is 2.53. The van der Waals surface area contributed by atoms with Gasteiger partial charge < -0.3 is 0 Å². The van der Waals surface area contributed by atoms with Crippen LogP contribution in [0, 0.1) is 0 Å². The van der Waals surface area contributed by atoms with Crippen LogP contribution in [0.3, 0.4) is 0 Å². The fourth-order valence-electron chi connectivity index (χ4n) is 3.02. The van der Waals surface area contributed by atoms with Gasteiger partial charge in [-0.2, -0.15) is 13.2 Å². The average molecular weight is 320 g/mol. The van der Waals surface area contributed by atoms with Crippen LogP contribution in [-0.2, 0) is 6.42 Å². The van der Waals surface area contributed by atoms with Crippen molar-refractivity contribution in [3.63, 3.8) is 0 Å². The Kier molecular flexibility index (Phi) is 5.86. The summed E-state index contributed by atoms with van der Waals surface area (Å²) < 4.78 is 39.3. The molecule has 0 radical (unpaired) electrons. The lowest BCUT2D eigenvalue weighted by Gasteiger charge is -2.24. The lowest BCUT2D eigenvalue weighted by Crippen LogP contribution is -2.17. The summed E-state index contributed by atoms with van der Waals surface area (Å²) in [7, 11) is 0. The Hall–Kier alpha value is -1.77. The van der Waals surface area contributed by atoms with E-state index in [1.54, 1.807) is 0 Å². The molecule has 2 atom stereocenters. The van der Waals surface area contributed by atoms with Crippen LogP contribution in [0.5, 0.6) is 0 Å². The second-order valence-electron chi connectivity index (χ2n) is 6.14. The second kappa shape index (κ2) is 7.67. The Bertz CT molecular complexity index is 602. The van der Waals surface area contributed by atoms with Crippen LogP contribution in [0.4, 0.5) is 13.2 Å². The fourth-order valence-corrected chi connectivity index (χ4v) is 3.02. The van der Waals surface area contributed by atoms with Crippen LogP contribution in [0.1, 0.15) is 55.2 Å². The van der Waals surface area contributed by atoms with E-state index in [2.05, 4.69) is 13.8 Å². The van der Waals surface area contributed by atoms with Crippen LogP contribution in [0.2, 0.25) is 0 Å². The third-order valence-corrected chi connectivity index (χ3v) is 4.38. The zero-order valence-electron chi connectivity index (χ0n) is 13.6. The lowest BCUT2D eigenvalue weighted by atomic mass is 9.82. The van der Waals surface area contributed by atoms with E-state index in [9.17, 15) is 13.2 Å². The molecule has 0 saturated heterocycles. The summed E-state index contributed by atoms with van der Waals surface area (Å²) in [6, 6.07) is 17.0. The van der Waals surface area contributed by atoms with Crippen molar-refractivity contribution >= 4 is 0 Å². The van der Waals surface area contributed by atoms with Crippen molar-refractivity contribution in [2.45, 2.75) is 51.1 Å². The molecule has 0 saturated carbocycles. The Labute approximate surface area is 136 Å². The van der Waals surface area contributed by atoms with E-state index in [0.29, 0.717) is 6.42 Å². The normalized spacial score (nSPS) is 14.5. The van der Waals surface area contributed by atoms with Crippen LogP contribution >= 0.6 is 0 Å². The Balaban J connectivity index is 2.37. The molecule has 0 aromatic heterocycles. The maximum atomic E-state index is 13.1. The molecule has 124 valence electrons. The minimum Gasteiger partial charge on any atom is -0.171 e. The van der Waals surface area contributed by atoms with Gasteiger partial charge in [0.1, 0.15) is 0 Å². The van der Waals surface area contributed by atoms with Crippen molar-refractivity contribution in [2.75, 3.05) is 0 Å². The number of alkyl halides is 3. The third-order valence-electron chi connectivity index (χ3n) is 4.38. The maximum absolute atomic E-state index is 13.1. The predicted molar refractivity (Wildman–Crippen MR) is 88.7 cm³/mol.